The number of hydrogen-bond acceptors (Lipinski definition) is 6. The topological polar surface area (TPSA) is 135 Å². The van der Waals surface area contributed by atoms with Crippen LogP contribution in [0, 0.1) is 0 Å². The maximum atomic E-state index is 12.6. The smallest absolute Gasteiger partial charge is 0.261 e. The summed E-state index contributed by atoms with van der Waals surface area (Å²) < 4.78 is 29.0. The number of aromatic nitrogens is 3. The van der Waals surface area contributed by atoms with Gasteiger partial charge in [0.25, 0.3) is 10.0 Å². The van der Waals surface area contributed by atoms with Crippen LogP contribution in [0.2, 0.25) is 0 Å². The molecule has 1 aliphatic carbocycles. The molecule has 0 unspecified atom stereocenters. The number of oxime groups is 1. The van der Waals surface area contributed by atoms with Crippen molar-refractivity contribution in [3.63, 3.8) is 0 Å². The Morgan fingerprint density at radius 3 is 2.57 bits per heavy atom. The molecule has 1 heterocycles. The van der Waals surface area contributed by atoms with Gasteiger partial charge in [-0.3, -0.25) is 0 Å². The van der Waals surface area contributed by atoms with Crippen LogP contribution in [-0.2, 0) is 17.1 Å². The molecular formula is C10H17BrN6O3S. The molecule has 0 aromatic carbocycles. The molecule has 1 aromatic rings. The van der Waals surface area contributed by atoms with Crippen LogP contribution in [-0.4, -0.2) is 40.0 Å². The second-order valence-electron chi connectivity index (χ2n) is 5.04. The van der Waals surface area contributed by atoms with Gasteiger partial charge in [0.05, 0.1) is 5.54 Å². The summed E-state index contributed by atoms with van der Waals surface area (Å²) in [5, 5.41) is 19.2. The van der Waals surface area contributed by atoms with Gasteiger partial charge in [-0.1, -0.05) is 29.6 Å². The van der Waals surface area contributed by atoms with Gasteiger partial charge in [-0.25, -0.2) is 13.1 Å². The number of rotatable bonds is 4. The fourth-order valence-corrected chi connectivity index (χ4v) is 5.11. The molecule has 21 heavy (non-hydrogen) atoms. The molecular weight excluding hydrogens is 364 g/mol. The van der Waals surface area contributed by atoms with E-state index in [9.17, 15) is 8.42 Å². The lowest BCUT2D eigenvalue weighted by atomic mass is 9.82. The molecule has 4 N–H and O–H groups in total. The molecule has 1 fully saturated rings. The first-order valence-electron chi connectivity index (χ1n) is 6.39. The van der Waals surface area contributed by atoms with E-state index in [2.05, 4.69) is 36.1 Å². The predicted octanol–water partition coefficient (Wildman–Crippen LogP) is 0.305. The van der Waals surface area contributed by atoms with E-state index in [1.54, 1.807) is 0 Å². The summed E-state index contributed by atoms with van der Waals surface area (Å²) >= 11 is 3.06. The van der Waals surface area contributed by atoms with Crippen LogP contribution in [0.1, 0.15) is 32.1 Å². The van der Waals surface area contributed by atoms with Crippen LogP contribution in [0.3, 0.4) is 0 Å². The standard InChI is InChI=1S/C10H17BrN6O3S/c1-17-8(7(11)13-16-17)21(19,20)15-10(9(12)14-18)5-3-2-4-6-10/h15,18H,2-6H2,1H3,(H2,12,14). The SMILES string of the molecule is Cn1nnc(Br)c1S(=O)(=O)NC1(C(N)=NO)CCCCC1. The van der Waals surface area contributed by atoms with Crippen molar-refractivity contribution in [2.45, 2.75) is 42.7 Å². The number of sulfonamides is 1. The van der Waals surface area contributed by atoms with E-state index in [1.807, 2.05) is 0 Å². The Hall–Kier alpha value is -1.20. The molecule has 0 bridgehead atoms. The van der Waals surface area contributed by atoms with Gasteiger partial charge >= 0.3 is 0 Å². The van der Waals surface area contributed by atoms with Crippen LogP contribution in [0.4, 0.5) is 0 Å². The van der Waals surface area contributed by atoms with Crippen molar-refractivity contribution in [2.24, 2.45) is 17.9 Å². The largest absolute Gasteiger partial charge is 0.409 e. The number of halogens is 1. The van der Waals surface area contributed by atoms with Crippen molar-refractivity contribution in [3.05, 3.63) is 4.60 Å². The molecule has 0 atom stereocenters. The van der Waals surface area contributed by atoms with Gasteiger partial charge in [0.1, 0.15) is 0 Å². The van der Waals surface area contributed by atoms with Crippen LogP contribution in [0.15, 0.2) is 14.8 Å². The zero-order valence-electron chi connectivity index (χ0n) is 11.5. The quantitative estimate of drug-likeness (QED) is 0.297. The predicted molar refractivity (Wildman–Crippen MR) is 78.2 cm³/mol. The fourth-order valence-electron chi connectivity index (χ4n) is 2.58. The Morgan fingerprint density at radius 2 is 2.10 bits per heavy atom. The fraction of sp³-hybridized carbons (Fsp3) is 0.700. The van der Waals surface area contributed by atoms with E-state index in [0.29, 0.717) is 12.8 Å². The van der Waals surface area contributed by atoms with Crippen molar-refractivity contribution in [3.8, 4) is 0 Å². The molecule has 1 aliphatic rings. The summed E-state index contributed by atoms with van der Waals surface area (Å²) in [7, 11) is -2.45. The summed E-state index contributed by atoms with van der Waals surface area (Å²) in [5.41, 5.74) is 4.67. The highest BCUT2D eigenvalue weighted by Gasteiger charge is 2.42. The highest BCUT2D eigenvalue weighted by molar-refractivity contribution is 9.10. The lowest BCUT2D eigenvalue weighted by molar-refractivity contribution is 0.293. The van der Waals surface area contributed by atoms with Crippen LogP contribution in [0.5, 0.6) is 0 Å². The molecule has 0 radical (unpaired) electrons. The van der Waals surface area contributed by atoms with Gasteiger partial charge in [-0.15, -0.1) is 5.10 Å². The highest BCUT2D eigenvalue weighted by Crippen LogP contribution is 2.31. The number of amidine groups is 1. The molecule has 118 valence electrons. The number of aryl methyl sites for hydroxylation is 1. The summed E-state index contributed by atoms with van der Waals surface area (Å²) in [4.78, 5) is 0. The van der Waals surface area contributed by atoms with Crippen molar-refractivity contribution in [1.82, 2.24) is 19.7 Å². The first-order chi connectivity index (χ1) is 9.82. The number of nitrogens with one attached hydrogen (secondary N) is 1. The Bertz CT molecular complexity index is 630. The Balaban J connectivity index is 2.41. The molecule has 1 saturated carbocycles. The maximum absolute atomic E-state index is 12.6. The van der Waals surface area contributed by atoms with E-state index in [0.717, 1.165) is 23.9 Å². The monoisotopic (exact) mass is 380 g/mol. The Kier molecular flexibility index (Phi) is 4.54. The third-order valence-electron chi connectivity index (χ3n) is 3.63. The van der Waals surface area contributed by atoms with Crippen molar-refractivity contribution in [1.29, 1.82) is 0 Å². The minimum absolute atomic E-state index is 0.0989. The number of nitrogens with zero attached hydrogens (tertiary/aromatic N) is 4. The van der Waals surface area contributed by atoms with Crippen molar-refractivity contribution in [2.75, 3.05) is 0 Å². The molecule has 0 saturated heterocycles. The number of hydrogen-bond donors (Lipinski definition) is 3. The molecule has 0 amide bonds. The van der Waals surface area contributed by atoms with E-state index in [1.165, 1.54) is 7.05 Å². The average molecular weight is 381 g/mol. The Morgan fingerprint density at radius 1 is 1.48 bits per heavy atom. The third kappa shape index (κ3) is 3.04. The van der Waals surface area contributed by atoms with Crippen LogP contribution in [0.25, 0.3) is 0 Å². The van der Waals surface area contributed by atoms with Crippen molar-refractivity contribution < 1.29 is 13.6 Å². The van der Waals surface area contributed by atoms with Gasteiger partial charge in [-0.05, 0) is 28.8 Å². The van der Waals surface area contributed by atoms with E-state index >= 15 is 0 Å². The normalized spacial score (nSPS) is 19.6. The van der Waals surface area contributed by atoms with Crippen molar-refractivity contribution >= 4 is 31.8 Å². The minimum atomic E-state index is -3.92. The molecule has 1 aromatic heterocycles. The second kappa shape index (κ2) is 5.89. The zero-order valence-corrected chi connectivity index (χ0v) is 13.9. The minimum Gasteiger partial charge on any atom is -0.409 e. The Labute approximate surface area is 130 Å². The number of nitrogens with two attached hydrogens (primary N) is 1. The van der Waals surface area contributed by atoms with E-state index in [4.69, 9.17) is 10.9 Å². The summed E-state index contributed by atoms with van der Waals surface area (Å²) in [5.74, 6) is -0.128. The molecule has 0 aliphatic heterocycles. The molecule has 2 rings (SSSR count). The lowest BCUT2D eigenvalue weighted by Gasteiger charge is -2.36. The van der Waals surface area contributed by atoms with Gasteiger partial charge < -0.3 is 10.9 Å². The zero-order chi connectivity index (χ0) is 15.7. The summed E-state index contributed by atoms with van der Waals surface area (Å²) in [6, 6.07) is 0. The average Bonchev–Trinajstić information content (AvgIpc) is 2.78. The highest BCUT2D eigenvalue weighted by atomic mass is 79.9. The second-order valence-corrected chi connectivity index (χ2v) is 7.39. The van der Waals surface area contributed by atoms with Crippen LogP contribution >= 0.6 is 15.9 Å². The first kappa shape index (κ1) is 16.2. The van der Waals surface area contributed by atoms with E-state index in [-0.39, 0.29) is 15.5 Å². The van der Waals surface area contributed by atoms with Gasteiger partial charge in [0.15, 0.2) is 10.4 Å². The van der Waals surface area contributed by atoms with Gasteiger partial charge in [-0.2, -0.15) is 4.72 Å². The summed E-state index contributed by atoms with van der Waals surface area (Å²) in [6.07, 6.45) is 3.53. The van der Waals surface area contributed by atoms with Crippen LogP contribution < -0.4 is 10.5 Å². The van der Waals surface area contributed by atoms with Gasteiger partial charge in [0.2, 0.25) is 5.03 Å². The first-order valence-corrected chi connectivity index (χ1v) is 8.67. The third-order valence-corrected chi connectivity index (χ3v) is 6.05. The summed E-state index contributed by atoms with van der Waals surface area (Å²) in [6.45, 7) is 0. The molecule has 9 nitrogen and oxygen atoms in total. The lowest BCUT2D eigenvalue weighted by Crippen LogP contribution is -2.58. The van der Waals surface area contributed by atoms with E-state index < -0.39 is 15.6 Å². The maximum Gasteiger partial charge on any atom is 0.261 e. The van der Waals surface area contributed by atoms with Gasteiger partial charge in [0, 0.05) is 7.05 Å². The molecule has 11 heteroatoms. The molecule has 0 spiro atoms.